The van der Waals surface area contributed by atoms with E-state index in [-0.39, 0.29) is 57.9 Å². The summed E-state index contributed by atoms with van der Waals surface area (Å²) in [6.45, 7) is 3.16. The number of rotatable bonds is 4. The molecule has 0 aliphatic carbocycles. The minimum atomic E-state index is -4.87. The van der Waals surface area contributed by atoms with Crippen molar-refractivity contribution < 1.29 is 64.3 Å². The Morgan fingerprint density at radius 3 is 2.44 bits per heavy atom. The van der Waals surface area contributed by atoms with Crippen molar-refractivity contribution in [3.05, 3.63) is 12.1 Å². The molecule has 1 nitrogen and oxygen atoms in total. The zero-order valence-electron chi connectivity index (χ0n) is 10.3. The van der Waals surface area contributed by atoms with Gasteiger partial charge in [0.1, 0.15) is 0 Å². The van der Waals surface area contributed by atoms with Crippen molar-refractivity contribution in [1.82, 2.24) is 4.90 Å². The van der Waals surface area contributed by atoms with Crippen LogP contribution in [0.4, 0.5) is 12.9 Å². The minimum absolute atomic E-state index is 0. The SMILES string of the molecule is C=C(CN1CCCC1C(C)C)[B-](F)(F)F.[K+]. The van der Waals surface area contributed by atoms with Gasteiger partial charge in [-0.3, -0.25) is 4.90 Å². The average Bonchev–Trinajstić information content (AvgIpc) is 2.50. The van der Waals surface area contributed by atoms with Crippen LogP contribution in [0.2, 0.25) is 0 Å². The summed E-state index contributed by atoms with van der Waals surface area (Å²) in [6.07, 6.45) is 2.01. The minimum Gasteiger partial charge on any atom is -0.445 e. The maximum atomic E-state index is 12.4. The first-order chi connectivity index (χ1) is 6.82. The molecule has 0 amide bonds. The van der Waals surface area contributed by atoms with Crippen LogP contribution in [0.25, 0.3) is 0 Å². The van der Waals surface area contributed by atoms with Crippen LogP contribution in [-0.2, 0) is 0 Å². The van der Waals surface area contributed by atoms with Crippen molar-refractivity contribution in [1.29, 1.82) is 0 Å². The normalized spacial score (nSPS) is 22.2. The van der Waals surface area contributed by atoms with Gasteiger partial charge in [0.15, 0.2) is 0 Å². The fourth-order valence-electron chi connectivity index (χ4n) is 2.17. The quantitative estimate of drug-likeness (QED) is 0.645. The molecule has 1 fully saturated rings. The van der Waals surface area contributed by atoms with Crippen molar-refractivity contribution in [3.8, 4) is 0 Å². The summed E-state index contributed by atoms with van der Waals surface area (Å²) >= 11 is 0. The predicted molar refractivity (Wildman–Crippen MR) is 57.7 cm³/mol. The van der Waals surface area contributed by atoms with Crippen LogP contribution >= 0.6 is 0 Å². The first-order valence-corrected chi connectivity index (χ1v) is 5.44. The van der Waals surface area contributed by atoms with Crippen molar-refractivity contribution in [2.45, 2.75) is 32.7 Å². The Morgan fingerprint density at radius 1 is 1.44 bits per heavy atom. The first kappa shape index (κ1) is 17.2. The number of hydrogen-bond donors (Lipinski definition) is 0. The van der Waals surface area contributed by atoms with Gasteiger partial charge in [0.05, 0.1) is 0 Å². The van der Waals surface area contributed by atoms with Crippen LogP contribution in [-0.4, -0.2) is 31.0 Å². The Balaban J connectivity index is 0.00000225. The topological polar surface area (TPSA) is 3.24 Å². The molecule has 1 atom stereocenters. The van der Waals surface area contributed by atoms with Crippen LogP contribution in [0.1, 0.15) is 26.7 Å². The largest absolute Gasteiger partial charge is 1.00 e. The summed E-state index contributed by atoms with van der Waals surface area (Å²) in [7, 11) is 0. The van der Waals surface area contributed by atoms with Crippen LogP contribution in [0, 0.1) is 5.92 Å². The van der Waals surface area contributed by atoms with E-state index in [0.717, 1.165) is 19.4 Å². The van der Waals surface area contributed by atoms with E-state index in [9.17, 15) is 12.9 Å². The van der Waals surface area contributed by atoms with Gasteiger partial charge >= 0.3 is 58.4 Å². The van der Waals surface area contributed by atoms with E-state index in [0.29, 0.717) is 12.0 Å². The molecular weight excluding hydrogens is 241 g/mol. The molecule has 0 spiro atoms. The van der Waals surface area contributed by atoms with Crippen molar-refractivity contribution >= 4 is 6.98 Å². The van der Waals surface area contributed by atoms with E-state index in [1.165, 1.54) is 0 Å². The molecule has 6 heteroatoms. The smallest absolute Gasteiger partial charge is 0.445 e. The van der Waals surface area contributed by atoms with Crippen molar-refractivity contribution in [2.75, 3.05) is 13.1 Å². The molecule has 16 heavy (non-hydrogen) atoms. The van der Waals surface area contributed by atoms with E-state index < -0.39 is 12.4 Å². The fourth-order valence-corrected chi connectivity index (χ4v) is 2.17. The predicted octanol–water partition coefficient (Wildman–Crippen LogP) is 0.0536. The maximum Gasteiger partial charge on any atom is 1.00 e. The molecule has 0 aromatic rings. The van der Waals surface area contributed by atoms with Gasteiger partial charge in [0, 0.05) is 6.04 Å². The van der Waals surface area contributed by atoms with Gasteiger partial charge in [-0.1, -0.05) is 13.8 Å². The third-order valence-electron chi connectivity index (χ3n) is 3.05. The molecule has 1 unspecified atom stereocenters. The summed E-state index contributed by atoms with van der Waals surface area (Å²) in [5.41, 5.74) is -0.567. The Kier molecular flexibility index (Phi) is 7.46. The van der Waals surface area contributed by atoms with Gasteiger partial charge in [-0.25, -0.2) is 0 Å². The van der Waals surface area contributed by atoms with Crippen molar-refractivity contribution in [3.63, 3.8) is 0 Å². The first-order valence-electron chi connectivity index (χ1n) is 5.44. The summed E-state index contributed by atoms with van der Waals surface area (Å²) in [4.78, 5) is 1.92. The molecule has 0 aromatic heterocycles. The molecular formula is C10H18BF3KN. The molecule has 1 rings (SSSR count). The van der Waals surface area contributed by atoms with Crippen LogP contribution in [0.3, 0.4) is 0 Å². The summed E-state index contributed by atoms with van der Waals surface area (Å²) in [5.74, 6) is 0.418. The van der Waals surface area contributed by atoms with Gasteiger partial charge in [0.25, 0.3) is 0 Å². The van der Waals surface area contributed by atoms with E-state index in [2.05, 4.69) is 20.4 Å². The molecule has 1 aliphatic heterocycles. The number of likely N-dealkylation sites (tertiary alicyclic amines) is 1. The fraction of sp³-hybridized carbons (Fsp3) is 0.800. The second-order valence-electron chi connectivity index (χ2n) is 4.66. The number of hydrogen-bond acceptors (Lipinski definition) is 1. The molecule has 1 saturated heterocycles. The Morgan fingerprint density at radius 2 is 2.00 bits per heavy atom. The average molecular weight is 259 g/mol. The molecule has 0 bridgehead atoms. The maximum absolute atomic E-state index is 12.4. The molecule has 1 aliphatic rings. The monoisotopic (exact) mass is 259 g/mol. The summed E-state index contributed by atoms with van der Waals surface area (Å²) in [6, 6.07) is 0.292. The molecule has 0 N–H and O–H groups in total. The third kappa shape index (κ3) is 4.82. The summed E-state index contributed by atoms with van der Waals surface area (Å²) in [5, 5.41) is 0. The van der Waals surface area contributed by atoms with Crippen LogP contribution in [0.15, 0.2) is 12.1 Å². The van der Waals surface area contributed by atoms with E-state index in [4.69, 9.17) is 0 Å². The van der Waals surface area contributed by atoms with Gasteiger partial charge in [-0.05, 0) is 31.8 Å². The van der Waals surface area contributed by atoms with E-state index >= 15 is 0 Å². The van der Waals surface area contributed by atoms with Crippen LogP contribution in [0.5, 0.6) is 0 Å². The van der Waals surface area contributed by atoms with Crippen molar-refractivity contribution in [2.24, 2.45) is 5.92 Å². The molecule has 0 saturated carbocycles. The molecule has 88 valence electrons. The van der Waals surface area contributed by atoms with E-state index in [1.54, 1.807) is 0 Å². The number of halogens is 3. The molecule has 0 aromatic carbocycles. The summed E-state index contributed by atoms with van der Waals surface area (Å²) < 4.78 is 37.1. The van der Waals surface area contributed by atoms with Gasteiger partial charge in [-0.15, -0.1) is 12.1 Å². The van der Waals surface area contributed by atoms with E-state index in [1.807, 2.05) is 4.90 Å². The van der Waals surface area contributed by atoms with Gasteiger partial charge in [0.2, 0.25) is 0 Å². The van der Waals surface area contributed by atoms with Crippen LogP contribution < -0.4 is 51.4 Å². The molecule has 0 radical (unpaired) electrons. The number of nitrogens with zero attached hydrogens (tertiary/aromatic N) is 1. The second-order valence-corrected chi connectivity index (χ2v) is 4.66. The Bertz CT molecular complexity index is 243. The standard InChI is InChI=1S/C10H18BF3N.K/c1-8(2)10-5-4-6-15(10)7-9(3)11(12,13)14;/h8,10H,3-7H2,1-2H3;/q-1;+1. The van der Waals surface area contributed by atoms with Gasteiger partial charge < -0.3 is 12.9 Å². The Hall–Kier alpha value is 1.19. The third-order valence-corrected chi connectivity index (χ3v) is 3.05. The second kappa shape index (κ2) is 6.95. The Labute approximate surface area is 138 Å². The zero-order valence-corrected chi connectivity index (χ0v) is 13.5. The van der Waals surface area contributed by atoms with Gasteiger partial charge in [-0.2, -0.15) is 0 Å². The molecule has 1 heterocycles. The zero-order chi connectivity index (χ0) is 11.6.